The zero-order valence-corrected chi connectivity index (χ0v) is 16.9. The van der Waals surface area contributed by atoms with E-state index < -0.39 is 0 Å². The average Bonchev–Trinajstić information content (AvgIpc) is 2.65. The molecule has 0 bridgehead atoms. The molecule has 0 spiro atoms. The lowest BCUT2D eigenvalue weighted by Crippen LogP contribution is -2.36. The van der Waals surface area contributed by atoms with Crippen LogP contribution in [-0.4, -0.2) is 27.2 Å². The second kappa shape index (κ2) is 9.43. The maximum Gasteiger partial charge on any atom is 0.191 e. The number of hydrogen-bond donors (Lipinski definition) is 2. The Morgan fingerprint density at radius 3 is 2.35 bits per heavy atom. The Labute approximate surface area is 161 Å². The summed E-state index contributed by atoms with van der Waals surface area (Å²) in [6.07, 6.45) is 0. The van der Waals surface area contributed by atoms with Crippen molar-refractivity contribution in [1.29, 1.82) is 0 Å². The predicted octanol–water partition coefficient (Wildman–Crippen LogP) is 3.78. The molecule has 0 amide bonds. The molecule has 0 saturated heterocycles. The first-order chi connectivity index (χ1) is 12.5. The molecule has 2 rings (SSSR count). The number of aryl methyl sites for hydroxylation is 1. The van der Waals surface area contributed by atoms with Gasteiger partial charge in [0.05, 0.1) is 14.2 Å². The van der Waals surface area contributed by atoms with Crippen LogP contribution in [0.1, 0.15) is 16.7 Å². The SMILES string of the molecule is CN=C(NCc1ccc(F)c(C)c1)NCc1cc(OC)c(OC)cc1Br. The van der Waals surface area contributed by atoms with E-state index in [1.165, 1.54) is 6.07 Å². The van der Waals surface area contributed by atoms with Crippen molar-refractivity contribution in [3.63, 3.8) is 0 Å². The molecular weight excluding hydrogens is 401 g/mol. The Kier molecular flexibility index (Phi) is 7.26. The largest absolute Gasteiger partial charge is 0.493 e. The molecule has 0 unspecified atom stereocenters. The first kappa shape index (κ1) is 20.0. The van der Waals surface area contributed by atoms with Crippen molar-refractivity contribution in [2.45, 2.75) is 20.0 Å². The number of rotatable bonds is 6. The number of halogens is 2. The number of nitrogens with one attached hydrogen (secondary N) is 2. The van der Waals surface area contributed by atoms with E-state index in [0.717, 1.165) is 15.6 Å². The second-order valence-corrected chi connectivity index (χ2v) is 6.52. The molecule has 2 aromatic carbocycles. The van der Waals surface area contributed by atoms with Gasteiger partial charge in [0.2, 0.25) is 0 Å². The van der Waals surface area contributed by atoms with Crippen molar-refractivity contribution in [3.8, 4) is 11.5 Å². The number of guanidine groups is 1. The van der Waals surface area contributed by atoms with E-state index in [1.807, 2.05) is 18.2 Å². The zero-order chi connectivity index (χ0) is 19.1. The van der Waals surface area contributed by atoms with Crippen LogP contribution in [0.3, 0.4) is 0 Å². The van der Waals surface area contributed by atoms with Crippen molar-refractivity contribution in [3.05, 3.63) is 57.3 Å². The lowest BCUT2D eigenvalue weighted by molar-refractivity contribution is 0.354. The van der Waals surface area contributed by atoms with E-state index in [1.54, 1.807) is 34.3 Å². The highest BCUT2D eigenvalue weighted by Gasteiger charge is 2.10. The van der Waals surface area contributed by atoms with Crippen molar-refractivity contribution in [2.75, 3.05) is 21.3 Å². The molecule has 0 aliphatic rings. The van der Waals surface area contributed by atoms with Gasteiger partial charge in [-0.05, 0) is 41.8 Å². The van der Waals surface area contributed by atoms with Crippen LogP contribution in [-0.2, 0) is 13.1 Å². The summed E-state index contributed by atoms with van der Waals surface area (Å²) in [6, 6.07) is 8.83. The van der Waals surface area contributed by atoms with Crippen molar-refractivity contribution in [1.82, 2.24) is 10.6 Å². The average molecular weight is 424 g/mol. The van der Waals surface area contributed by atoms with Crippen LogP contribution >= 0.6 is 15.9 Å². The third-order valence-corrected chi connectivity index (χ3v) is 4.64. The molecule has 140 valence electrons. The molecule has 0 atom stereocenters. The van der Waals surface area contributed by atoms with E-state index >= 15 is 0 Å². The smallest absolute Gasteiger partial charge is 0.191 e. The summed E-state index contributed by atoms with van der Waals surface area (Å²) in [6.45, 7) is 2.84. The highest BCUT2D eigenvalue weighted by Crippen LogP contribution is 2.33. The maximum absolute atomic E-state index is 13.3. The summed E-state index contributed by atoms with van der Waals surface area (Å²) in [5, 5.41) is 6.47. The van der Waals surface area contributed by atoms with E-state index in [4.69, 9.17) is 9.47 Å². The van der Waals surface area contributed by atoms with Gasteiger partial charge in [-0.3, -0.25) is 4.99 Å². The molecule has 5 nitrogen and oxygen atoms in total. The van der Waals surface area contributed by atoms with Crippen LogP contribution in [0.2, 0.25) is 0 Å². The molecule has 0 aliphatic heterocycles. The molecule has 0 radical (unpaired) electrons. The standard InChI is InChI=1S/C19H23BrFN3O2/c1-12-7-13(5-6-16(12)21)10-23-19(22-2)24-11-14-8-17(25-3)18(26-4)9-15(14)20/h5-9H,10-11H2,1-4H3,(H2,22,23,24). The fourth-order valence-corrected chi connectivity index (χ4v) is 2.90. The van der Waals surface area contributed by atoms with Crippen LogP contribution in [0.15, 0.2) is 39.8 Å². The Morgan fingerprint density at radius 2 is 1.73 bits per heavy atom. The summed E-state index contributed by atoms with van der Waals surface area (Å²) in [5.74, 6) is 1.78. The molecule has 2 N–H and O–H groups in total. The third-order valence-electron chi connectivity index (χ3n) is 3.90. The number of nitrogens with zero attached hydrogens (tertiary/aromatic N) is 1. The zero-order valence-electron chi connectivity index (χ0n) is 15.3. The first-order valence-electron chi connectivity index (χ1n) is 8.08. The second-order valence-electron chi connectivity index (χ2n) is 5.66. The summed E-state index contributed by atoms with van der Waals surface area (Å²) in [5.41, 5.74) is 2.61. The Balaban J connectivity index is 1.99. The monoisotopic (exact) mass is 423 g/mol. The van der Waals surface area contributed by atoms with Gasteiger partial charge in [0, 0.05) is 24.6 Å². The van der Waals surface area contributed by atoms with Gasteiger partial charge in [0.25, 0.3) is 0 Å². The molecule has 0 fully saturated rings. The summed E-state index contributed by atoms with van der Waals surface area (Å²) in [4.78, 5) is 4.21. The van der Waals surface area contributed by atoms with E-state index in [2.05, 4.69) is 31.6 Å². The molecule has 0 aromatic heterocycles. The van der Waals surface area contributed by atoms with Crippen molar-refractivity contribution < 1.29 is 13.9 Å². The minimum absolute atomic E-state index is 0.199. The minimum atomic E-state index is -0.199. The molecule has 0 aliphatic carbocycles. The summed E-state index contributed by atoms with van der Waals surface area (Å²) >= 11 is 3.54. The van der Waals surface area contributed by atoms with Gasteiger partial charge in [0.15, 0.2) is 17.5 Å². The third kappa shape index (κ3) is 5.11. The van der Waals surface area contributed by atoms with Gasteiger partial charge < -0.3 is 20.1 Å². The fraction of sp³-hybridized carbons (Fsp3) is 0.316. The number of hydrogen-bond acceptors (Lipinski definition) is 3. The van der Waals surface area contributed by atoms with Gasteiger partial charge in [0.1, 0.15) is 5.82 Å². The van der Waals surface area contributed by atoms with Crippen molar-refractivity contribution >= 4 is 21.9 Å². The van der Waals surface area contributed by atoms with E-state index in [0.29, 0.717) is 36.1 Å². The Hall–Kier alpha value is -2.28. The van der Waals surface area contributed by atoms with Gasteiger partial charge in [-0.2, -0.15) is 0 Å². The fourth-order valence-electron chi connectivity index (χ4n) is 2.43. The van der Waals surface area contributed by atoms with Gasteiger partial charge in [-0.25, -0.2) is 4.39 Å². The highest BCUT2D eigenvalue weighted by atomic mass is 79.9. The number of ether oxygens (including phenoxy) is 2. The highest BCUT2D eigenvalue weighted by molar-refractivity contribution is 9.10. The van der Waals surface area contributed by atoms with E-state index in [9.17, 15) is 4.39 Å². The Morgan fingerprint density at radius 1 is 1.08 bits per heavy atom. The lowest BCUT2D eigenvalue weighted by Gasteiger charge is -2.15. The van der Waals surface area contributed by atoms with Crippen molar-refractivity contribution in [2.24, 2.45) is 4.99 Å². The van der Waals surface area contributed by atoms with Crippen LogP contribution < -0.4 is 20.1 Å². The molecule has 0 heterocycles. The number of aliphatic imine (C=N–C) groups is 1. The van der Waals surface area contributed by atoms with Crippen LogP contribution in [0.25, 0.3) is 0 Å². The lowest BCUT2D eigenvalue weighted by atomic mass is 10.1. The van der Waals surface area contributed by atoms with Crippen LogP contribution in [0, 0.1) is 12.7 Å². The first-order valence-corrected chi connectivity index (χ1v) is 8.87. The van der Waals surface area contributed by atoms with Crippen LogP contribution in [0.4, 0.5) is 4.39 Å². The number of methoxy groups -OCH3 is 2. The normalized spacial score (nSPS) is 11.2. The summed E-state index contributed by atoms with van der Waals surface area (Å²) in [7, 11) is 4.91. The molecule has 0 saturated carbocycles. The molecule has 7 heteroatoms. The quantitative estimate of drug-likeness (QED) is 0.548. The van der Waals surface area contributed by atoms with E-state index in [-0.39, 0.29) is 5.82 Å². The van der Waals surface area contributed by atoms with Crippen LogP contribution in [0.5, 0.6) is 11.5 Å². The molecular formula is C19H23BrFN3O2. The predicted molar refractivity (Wildman–Crippen MR) is 105 cm³/mol. The Bertz CT molecular complexity index is 797. The molecule has 2 aromatic rings. The number of benzene rings is 2. The van der Waals surface area contributed by atoms with Gasteiger partial charge in [-0.15, -0.1) is 0 Å². The van der Waals surface area contributed by atoms with Gasteiger partial charge in [-0.1, -0.05) is 28.1 Å². The maximum atomic E-state index is 13.3. The molecule has 26 heavy (non-hydrogen) atoms. The summed E-state index contributed by atoms with van der Waals surface area (Å²) < 4.78 is 24.9. The minimum Gasteiger partial charge on any atom is -0.493 e. The topological polar surface area (TPSA) is 54.9 Å². The van der Waals surface area contributed by atoms with Gasteiger partial charge >= 0.3 is 0 Å².